The van der Waals surface area contributed by atoms with Crippen molar-refractivity contribution < 1.29 is 4.74 Å². The van der Waals surface area contributed by atoms with Crippen LogP contribution in [0.2, 0.25) is 0 Å². The number of ether oxygens (including phenoxy) is 1. The SMILES string of the molecule is CCN1C[C@@H]2C[C@H]1CN2Cc1ccc(Oc2nc3nccc(C)c3s2)cc1. The van der Waals surface area contributed by atoms with E-state index in [1.165, 1.54) is 37.2 Å². The van der Waals surface area contributed by atoms with E-state index in [1.54, 1.807) is 17.5 Å². The molecule has 27 heavy (non-hydrogen) atoms. The van der Waals surface area contributed by atoms with Gasteiger partial charge < -0.3 is 4.74 Å². The second-order valence-electron chi connectivity index (χ2n) is 7.57. The monoisotopic (exact) mass is 380 g/mol. The lowest BCUT2D eigenvalue weighted by atomic mass is 10.2. The van der Waals surface area contributed by atoms with Crippen LogP contribution in [-0.2, 0) is 6.54 Å². The standard InChI is InChI=1S/C21H24N4OS/c1-3-24-12-17-10-16(24)13-25(17)11-15-4-6-18(7-5-15)26-21-23-20-19(27-21)14(2)8-9-22-20/h4-9,16-17H,3,10-13H2,1-2H3/t16-,17-/m0/s1. The highest BCUT2D eigenvalue weighted by Crippen LogP contribution is 2.33. The van der Waals surface area contributed by atoms with Crippen LogP contribution in [0.4, 0.5) is 0 Å². The van der Waals surface area contributed by atoms with E-state index in [-0.39, 0.29) is 0 Å². The lowest BCUT2D eigenvalue weighted by Gasteiger charge is -2.33. The maximum atomic E-state index is 5.97. The van der Waals surface area contributed by atoms with Gasteiger partial charge in [0, 0.05) is 37.9 Å². The molecule has 2 atom stereocenters. The molecule has 2 aromatic heterocycles. The Balaban J connectivity index is 1.25. The van der Waals surface area contributed by atoms with Crippen molar-refractivity contribution >= 4 is 21.7 Å². The van der Waals surface area contributed by atoms with Crippen LogP contribution >= 0.6 is 11.3 Å². The van der Waals surface area contributed by atoms with E-state index < -0.39 is 0 Å². The number of pyridine rings is 1. The molecule has 0 radical (unpaired) electrons. The molecule has 2 saturated heterocycles. The Bertz CT molecular complexity index is 954. The molecule has 5 rings (SSSR count). The quantitative estimate of drug-likeness (QED) is 0.667. The van der Waals surface area contributed by atoms with Gasteiger partial charge in [-0.1, -0.05) is 30.4 Å². The third-order valence-electron chi connectivity index (χ3n) is 5.86. The molecule has 5 nitrogen and oxygen atoms in total. The van der Waals surface area contributed by atoms with Crippen LogP contribution in [0.25, 0.3) is 10.3 Å². The molecule has 140 valence electrons. The van der Waals surface area contributed by atoms with Gasteiger partial charge in [0.2, 0.25) is 0 Å². The van der Waals surface area contributed by atoms with Crippen molar-refractivity contribution in [1.29, 1.82) is 0 Å². The highest BCUT2D eigenvalue weighted by molar-refractivity contribution is 7.20. The number of nitrogens with zero attached hydrogens (tertiary/aromatic N) is 4. The van der Waals surface area contributed by atoms with Crippen molar-refractivity contribution in [2.45, 2.75) is 38.9 Å². The molecule has 0 N–H and O–H groups in total. The molecule has 0 amide bonds. The van der Waals surface area contributed by atoms with E-state index in [4.69, 9.17) is 4.74 Å². The number of fused-ring (bicyclic) bond motifs is 3. The first-order valence-corrected chi connectivity index (χ1v) is 10.5. The summed E-state index contributed by atoms with van der Waals surface area (Å²) in [6.07, 6.45) is 3.13. The minimum Gasteiger partial charge on any atom is -0.431 e. The van der Waals surface area contributed by atoms with Crippen molar-refractivity contribution in [2.75, 3.05) is 19.6 Å². The third-order valence-corrected chi connectivity index (χ3v) is 6.91. The van der Waals surface area contributed by atoms with Crippen LogP contribution in [0.3, 0.4) is 0 Å². The minimum atomic E-state index is 0.649. The van der Waals surface area contributed by atoms with E-state index in [2.05, 4.69) is 45.7 Å². The number of hydrogen-bond acceptors (Lipinski definition) is 6. The molecule has 2 bridgehead atoms. The highest BCUT2D eigenvalue weighted by atomic mass is 32.1. The van der Waals surface area contributed by atoms with Crippen LogP contribution in [0.15, 0.2) is 36.5 Å². The van der Waals surface area contributed by atoms with Gasteiger partial charge in [-0.05, 0) is 49.2 Å². The van der Waals surface area contributed by atoms with Crippen molar-refractivity contribution in [1.82, 2.24) is 19.8 Å². The van der Waals surface area contributed by atoms with Crippen LogP contribution in [0, 0.1) is 6.92 Å². The molecule has 1 aromatic carbocycles. The number of likely N-dealkylation sites (N-methyl/N-ethyl adjacent to an activating group) is 1. The summed E-state index contributed by atoms with van der Waals surface area (Å²) in [6.45, 7) is 8.99. The van der Waals surface area contributed by atoms with Crippen molar-refractivity contribution in [3.05, 3.63) is 47.7 Å². The molecular formula is C21H24N4OS. The summed E-state index contributed by atoms with van der Waals surface area (Å²) in [5, 5.41) is 0.649. The van der Waals surface area contributed by atoms with Gasteiger partial charge >= 0.3 is 0 Å². The summed E-state index contributed by atoms with van der Waals surface area (Å²) in [5.41, 5.74) is 3.29. The van der Waals surface area contributed by atoms with Crippen LogP contribution < -0.4 is 4.74 Å². The van der Waals surface area contributed by atoms with Crippen LogP contribution in [-0.4, -0.2) is 51.5 Å². The molecule has 4 heterocycles. The first-order chi connectivity index (χ1) is 13.2. The first kappa shape index (κ1) is 17.1. The summed E-state index contributed by atoms with van der Waals surface area (Å²) < 4.78 is 7.06. The van der Waals surface area contributed by atoms with Crippen LogP contribution in [0.1, 0.15) is 24.5 Å². The Hall–Kier alpha value is -2.02. The zero-order valence-corrected chi connectivity index (χ0v) is 16.6. The molecule has 2 aliphatic rings. The molecule has 2 fully saturated rings. The molecular weight excluding hydrogens is 356 g/mol. The van der Waals surface area contributed by atoms with Gasteiger partial charge in [0.15, 0.2) is 5.65 Å². The van der Waals surface area contributed by atoms with Crippen LogP contribution in [0.5, 0.6) is 10.9 Å². The number of likely N-dealkylation sites (tertiary alicyclic amines) is 2. The van der Waals surface area contributed by atoms with E-state index in [1.807, 2.05) is 18.2 Å². The normalized spacial score (nSPS) is 22.7. The Morgan fingerprint density at radius 2 is 1.89 bits per heavy atom. The van der Waals surface area contributed by atoms with Gasteiger partial charge in [0.05, 0.1) is 4.70 Å². The number of benzene rings is 1. The second kappa shape index (κ2) is 6.86. The summed E-state index contributed by atoms with van der Waals surface area (Å²) in [4.78, 5) is 14.1. The Morgan fingerprint density at radius 3 is 2.59 bits per heavy atom. The molecule has 6 heteroatoms. The van der Waals surface area contributed by atoms with Crippen molar-refractivity contribution in [2.24, 2.45) is 0 Å². The van der Waals surface area contributed by atoms with E-state index in [0.29, 0.717) is 5.19 Å². The fourth-order valence-corrected chi connectivity index (χ4v) is 5.25. The van der Waals surface area contributed by atoms with Gasteiger partial charge in [-0.3, -0.25) is 9.80 Å². The van der Waals surface area contributed by atoms with E-state index in [9.17, 15) is 0 Å². The number of aryl methyl sites for hydroxylation is 1. The molecule has 2 aliphatic heterocycles. The fraction of sp³-hybridized carbons (Fsp3) is 0.429. The maximum Gasteiger partial charge on any atom is 0.281 e. The highest BCUT2D eigenvalue weighted by Gasteiger charge is 2.41. The Morgan fingerprint density at radius 1 is 1.11 bits per heavy atom. The van der Waals surface area contributed by atoms with E-state index in [0.717, 1.165) is 34.7 Å². The zero-order chi connectivity index (χ0) is 18.4. The molecule has 0 aliphatic carbocycles. The Kier molecular flexibility index (Phi) is 4.34. The zero-order valence-electron chi connectivity index (χ0n) is 15.8. The number of rotatable bonds is 5. The largest absolute Gasteiger partial charge is 0.431 e. The number of thiazole rings is 1. The average Bonchev–Trinajstić information content (AvgIpc) is 3.37. The summed E-state index contributed by atoms with van der Waals surface area (Å²) in [7, 11) is 0. The molecule has 0 unspecified atom stereocenters. The second-order valence-corrected chi connectivity index (χ2v) is 8.53. The molecule has 3 aromatic rings. The van der Waals surface area contributed by atoms with Gasteiger partial charge in [0.25, 0.3) is 5.19 Å². The third kappa shape index (κ3) is 3.22. The lowest BCUT2D eigenvalue weighted by Crippen LogP contribution is -2.45. The maximum absolute atomic E-state index is 5.97. The predicted molar refractivity (Wildman–Crippen MR) is 109 cm³/mol. The summed E-state index contributed by atoms with van der Waals surface area (Å²) in [5.74, 6) is 0.829. The van der Waals surface area contributed by atoms with Gasteiger partial charge in [-0.2, -0.15) is 4.98 Å². The average molecular weight is 381 g/mol. The number of piperazine rings is 1. The molecule has 0 saturated carbocycles. The van der Waals surface area contributed by atoms with Gasteiger partial charge in [0.1, 0.15) is 5.75 Å². The minimum absolute atomic E-state index is 0.649. The fourth-order valence-electron chi connectivity index (χ4n) is 4.39. The topological polar surface area (TPSA) is 41.5 Å². The van der Waals surface area contributed by atoms with Gasteiger partial charge in [-0.25, -0.2) is 4.98 Å². The van der Waals surface area contributed by atoms with Crippen molar-refractivity contribution in [3.63, 3.8) is 0 Å². The molecule has 0 spiro atoms. The lowest BCUT2D eigenvalue weighted by molar-refractivity contribution is 0.127. The first-order valence-electron chi connectivity index (χ1n) is 9.66. The van der Waals surface area contributed by atoms with E-state index >= 15 is 0 Å². The number of aromatic nitrogens is 2. The number of hydrogen-bond donors (Lipinski definition) is 0. The summed E-state index contributed by atoms with van der Waals surface area (Å²) in [6, 6.07) is 11.9. The van der Waals surface area contributed by atoms with Crippen molar-refractivity contribution in [3.8, 4) is 10.9 Å². The summed E-state index contributed by atoms with van der Waals surface area (Å²) >= 11 is 1.55. The smallest absolute Gasteiger partial charge is 0.281 e. The van der Waals surface area contributed by atoms with Gasteiger partial charge in [-0.15, -0.1) is 0 Å². The predicted octanol–water partition coefficient (Wildman–Crippen LogP) is 4.07. The Labute approximate surface area is 163 Å².